The van der Waals surface area contributed by atoms with Crippen molar-refractivity contribution in [3.05, 3.63) is 59.2 Å². The second-order valence-electron chi connectivity index (χ2n) is 5.71. The average Bonchev–Trinajstić information content (AvgIpc) is 2.55. The van der Waals surface area contributed by atoms with Crippen molar-refractivity contribution in [2.75, 3.05) is 19.8 Å². The van der Waals surface area contributed by atoms with Crippen molar-refractivity contribution in [2.24, 2.45) is 0 Å². The average molecular weight is 281 g/mol. The summed E-state index contributed by atoms with van der Waals surface area (Å²) in [6, 6.07) is 15.1. The molecule has 0 bridgehead atoms. The van der Waals surface area contributed by atoms with Crippen molar-refractivity contribution >= 4 is 0 Å². The highest BCUT2D eigenvalue weighted by Crippen LogP contribution is 2.31. The Morgan fingerprint density at radius 3 is 2.62 bits per heavy atom. The third-order valence-corrected chi connectivity index (χ3v) is 4.22. The van der Waals surface area contributed by atoms with E-state index in [0.29, 0.717) is 13.2 Å². The summed E-state index contributed by atoms with van der Waals surface area (Å²) in [7, 11) is 0. The van der Waals surface area contributed by atoms with Crippen molar-refractivity contribution in [3.8, 4) is 11.5 Å². The Morgan fingerprint density at radius 2 is 1.71 bits per heavy atom. The van der Waals surface area contributed by atoms with Crippen LogP contribution in [0.3, 0.4) is 0 Å². The van der Waals surface area contributed by atoms with Gasteiger partial charge in [0.25, 0.3) is 0 Å². The monoisotopic (exact) mass is 281 g/mol. The zero-order valence-corrected chi connectivity index (χ0v) is 12.0. The highest BCUT2D eigenvalue weighted by Gasteiger charge is 2.17. The molecule has 0 amide bonds. The summed E-state index contributed by atoms with van der Waals surface area (Å²) in [5, 5.41) is 0. The molecule has 2 aromatic rings. The van der Waals surface area contributed by atoms with Gasteiger partial charge in [-0.15, -0.1) is 0 Å². The van der Waals surface area contributed by atoms with Crippen molar-refractivity contribution in [1.82, 2.24) is 4.90 Å². The molecule has 0 saturated carbocycles. The van der Waals surface area contributed by atoms with Gasteiger partial charge in [0.1, 0.15) is 13.2 Å². The number of fused-ring (bicyclic) bond motifs is 2. The zero-order valence-electron chi connectivity index (χ0n) is 12.0. The largest absolute Gasteiger partial charge is 0.486 e. The normalized spacial score (nSPS) is 17.3. The summed E-state index contributed by atoms with van der Waals surface area (Å²) < 4.78 is 11.2. The molecule has 4 rings (SSSR count). The summed E-state index contributed by atoms with van der Waals surface area (Å²) >= 11 is 0. The molecular weight excluding hydrogens is 262 g/mol. The minimum absolute atomic E-state index is 0.646. The highest BCUT2D eigenvalue weighted by atomic mass is 16.6. The molecule has 108 valence electrons. The lowest BCUT2D eigenvalue weighted by Gasteiger charge is -2.29. The van der Waals surface area contributed by atoms with E-state index < -0.39 is 0 Å². The van der Waals surface area contributed by atoms with Crippen LogP contribution in [0.1, 0.15) is 16.7 Å². The Bertz CT molecular complexity index is 653. The van der Waals surface area contributed by atoms with Crippen LogP contribution < -0.4 is 9.47 Å². The molecule has 0 atom stereocenters. The molecule has 2 heterocycles. The number of hydrogen-bond donors (Lipinski definition) is 0. The fourth-order valence-electron chi connectivity index (χ4n) is 3.13. The number of rotatable bonds is 2. The predicted molar refractivity (Wildman–Crippen MR) is 81.7 cm³/mol. The van der Waals surface area contributed by atoms with E-state index >= 15 is 0 Å². The first-order valence-corrected chi connectivity index (χ1v) is 7.56. The van der Waals surface area contributed by atoms with E-state index in [1.807, 2.05) is 6.07 Å². The Kier molecular flexibility index (Phi) is 3.28. The van der Waals surface area contributed by atoms with Gasteiger partial charge in [-0.3, -0.25) is 4.90 Å². The summed E-state index contributed by atoms with van der Waals surface area (Å²) in [5.41, 5.74) is 4.25. The van der Waals surface area contributed by atoms with E-state index in [4.69, 9.17) is 9.47 Å². The van der Waals surface area contributed by atoms with Gasteiger partial charge in [-0.05, 0) is 35.2 Å². The van der Waals surface area contributed by atoms with Crippen LogP contribution in [-0.4, -0.2) is 24.7 Å². The zero-order chi connectivity index (χ0) is 14.1. The van der Waals surface area contributed by atoms with Gasteiger partial charge in [0.05, 0.1) is 0 Å². The van der Waals surface area contributed by atoms with Gasteiger partial charge in [0.2, 0.25) is 0 Å². The van der Waals surface area contributed by atoms with Gasteiger partial charge in [0, 0.05) is 19.6 Å². The molecule has 0 aromatic heterocycles. The van der Waals surface area contributed by atoms with Crippen LogP contribution in [0, 0.1) is 0 Å². The van der Waals surface area contributed by atoms with Crippen LogP contribution in [0.4, 0.5) is 0 Å². The molecule has 2 aliphatic heterocycles. The lowest BCUT2D eigenvalue weighted by Crippen LogP contribution is -2.30. The van der Waals surface area contributed by atoms with Gasteiger partial charge in [-0.25, -0.2) is 0 Å². The second-order valence-corrected chi connectivity index (χ2v) is 5.71. The molecule has 0 saturated heterocycles. The van der Waals surface area contributed by atoms with E-state index in [2.05, 4.69) is 41.3 Å². The van der Waals surface area contributed by atoms with Gasteiger partial charge >= 0.3 is 0 Å². The van der Waals surface area contributed by atoms with Crippen molar-refractivity contribution in [1.29, 1.82) is 0 Å². The third-order valence-electron chi connectivity index (χ3n) is 4.22. The van der Waals surface area contributed by atoms with Gasteiger partial charge in [-0.1, -0.05) is 30.3 Å². The van der Waals surface area contributed by atoms with E-state index in [1.54, 1.807) is 0 Å². The molecule has 2 aromatic carbocycles. The fraction of sp³-hybridized carbons (Fsp3) is 0.333. The molecule has 21 heavy (non-hydrogen) atoms. The standard InChI is InChI=1S/C18H19NO2/c1-2-4-16-13-19(8-7-15(16)3-1)12-14-5-6-17-18(11-14)21-10-9-20-17/h1-6,11H,7-10,12-13H2. The molecule has 0 radical (unpaired) electrons. The van der Waals surface area contributed by atoms with Crippen molar-refractivity contribution in [3.63, 3.8) is 0 Å². The molecule has 3 nitrogen and oxygen atoms in total. The smallest absolute Gasteiger partial charge is 0.161 e. The van der Waals surface area contributed by atoms with Crippen LogP contribution in [0.15, 0.2) is 42.5 Å². The number of hydrogen-bond acceptors (Lipinski definition) is 3. The fourth-order valence-corrected chi connectivity index (χ4v) is 3.13. The lowest BCUT2D eigenvalue weighted by molar-refractivity contribution is 0.171. The molecule has 0 N–H and O–H groups in total. The summed E-state index contributed by atoms with van der Waals surface area (Å²) in [6.45, 7) is 4.41. The molecule has 0 unspecified atom stereocenters. The molecular formula is C18H19NO2. The minimum atomic E-state index is 0.646. The van der Waals surface area contributed by atoms with Crippen LogP contribution in [0.2, 0.25) is 0 Å². The maximum atomic E-state index is 5.67. The van der Waals surface area contributed by atoms with Crippen LogP contribution in [0.5, 0.6) is 11.5 Å². The van der Waals surface area contributed by atoms with Gasteiger partial charge in [-0.2, -0.15) is 0 Å². The molecule has 2 aliphatic rings. The topological polar surface area (TPSA) is 21.7 Å². The quantitative estimate of drug-likeness (QED) is 0.844. The Labute approximate surface area is 125 Å². The van der Waals surface area contributed by atoms with Gasteiger partial charge in [0.15, 0.2) is 11.5 Å². The molecule has 3 heteroatoms. The number of benzene rings is 2. The summed E-state index contributed by atoms with van der Waals surface area (Å²) in [5.74, 6) is 1.75. The number of nitrogens with zero attached hydrogens (tertiary/aromatic N) is 1. The minimum Gasteiger partial charge on any atom is -0.486 e. The Balaban J connectivity index is 1.50. The highest BCUT2D eigenvalue weighted by molar-refractivity contribution is 5.43. The first kappa shape index (κ1) is 12.7. The first-order chi connectivity index (χ1) is 10.4. The van der Waals surface area contributed by atoms with Crippen molar-refractivity contribution in [2.45, 2.75) is 19.5 Å². The predicted octanol–water partition coefficient (Wildman–Crippen LogP) is 3.02. The van der Waals surface area contributed by atoms with E-state index in [-0.39, 0.29) is 0 Å². The maximum Gasteiger partial charge on any atom is 0.161 e. The first-order valence-electron chi connectivity index (χ1n) is 7.56. The second kappa shape index (κ2) is 5.41. The van der Waals surface area contributed by atoms with E-state index in [1.165, 1.54) is 16.7 Å². The molecule has 0 fully saturated rings. The SMILES string of the molecule is c1ccc2c(c1)CCN(Cc1ccc3c(c1)OCCO3)C2. The molecule has 0 aliphatic carbocycles. The van der Waals surface area contributed by atoms with Crippen molar-refractivity contribution < 1.29 is 9.47 Å². The van der Waals surface area contributed by atoms with Crippen LogP contribution in [-0.2, 0) is 19.5 Å². The lowest BCUT2D eigenvalue weighted by atomic mass is 9.99. The van der Waals surface area contributed by atoms with Crippen LogP contribution in [0.25, 0.3) is 0 Å². The van der Waals surface area contributed by atoms with Gasteiger partial charge < -0.3 is 9.47 Å². The van der Waals surface area contributed by atoms with E-state index in [9.17, 15) is 0 Å². The van der Waals surface area contributed by atoms with Crippen LogP contribution >= 0.6 is 0 Å². The summed E-state index contributed by atoms with van der Waals surface area (Å²) in [6.07, 6.45) is 1.14. The summed E-state index contributed by atoms with van der Waals surface area (Å²) in [4.78, 5) is 2.49. The Hall–Kier alpha value is -2.00. The maximum absolute atomic E-state index is 5.67. The third kappa shape index (κ3) is 2.61. The number of ether oxygens (including phenoxy) is 2. The molecule has 0 spiro atoms. The van der Waals surface area contributed by atoms with E-state index in [0.717, 1.165) is 37.6 Å². The Morgan fingerprint density at radius 1 is 0.905 bits per heavy atom.